The zero-order valence-electron chi connectivity index (χ0n) is 16.1. The van der Waals surface area contributed by atoms with Crippen molar-refractivity contribution in [3.63, 3.8) is 0 Å². The number of halogens is 2. The molecule has 0 saturated heterocycles. The second-order valence-corrected chi connectivity index (χ2v) is 8.09. The summed E-state index contributed by atoms with van der Waals surface area (Å²) in [5, 5.41) is 11.2. The van der Waals surface area contributed by atoms with Crippen LogP contribution in [0.25, 0.3) is 0 Å². The molecule has 2 heterocycles. The smallest absolute Gasteiger partial charge is 0.227 e. The lowest BCUT2D eigenvalue weighted by Gasteiger charge is -2.24. The molecule has 0 fully saturated rings. The van der Waals surface area contributed by atoms with Crippen molar-refractivity contribution in [2.75, 3.05) is 10.6 Å². The highest BCUT2D eigenvalue weighted by molar-refractivity contribution is 6.35. The van der Waals surface area contributed by atoms with E-state index in [4.69, 9.17) is 23.2 Å². The van der Waals surface area contributed by atoms with E-state index in [1.807, 2.05) is 30.3 Å². The van der Waals surface area contributed by atoms with Gasteiger partial charge in [0.25, 0.3) is 0 Å². The number of para-hydroxylation sites is 1. The number of hydrogen-bond acceptors (Lipinski definition) is 3. The summed E-state index contributed by atoms with van der Waals surface area (Å²) < 4.78 is 1.66. The molecule has 3 aromatic rings. The summed E-state index contributed by atoms with van der Waals surface area (Å²) in [6, 6.07) is 14.7. The zero-order valence-corrected chi connectivity index (χ0v) is 17.6. The lowest BCUT2D eigenvalue weighted by Crippen LogP contribution is -2.30. The van der Waals surface area contributed by atoms with Gasteiger partial charge in [0.2, 0.25) is 11.8 Å². The number of carbonyl (C=O) groups excluding carboxylic acids is 2. The van der Waals surface area contributed by atoms with E-state index in [0.717, 1.165) is 16.8 Å². The molecule has 8 heteroatoms. The average molecular weight is 443 g/mol. The molecule has 0 radical (unpaired) electrons. The first-order valence-corrected chi connectivity index (χ1v) is 10.4. The normalized spacial score (nSPS) is 15.4. The van der Waals surface area contributed by atoms with Crippen molar-refractivity contribution in [2.24, 2.45) is 5.92 Å². The van der Waals surface area contributed by atoms with Crippen molar-refractivity contribution in [3.8, 4) is 0 Å². The van der Waals surface area contributed by atoms with E-state index in [9.17, 15) is 9.59 Å². The fourth-order valence-electron chi connectivity index (χ4n) is 3.53. The van der Waals surface area contributed by atoms with Gasteiger partial charge in [-0.1, -0.05) is 47.5 Å². The molecule has 30 heavy (non-hydrogen) atoms. The molecule has 0 unspecified atom stereocenters. The van der Waals surface area contributed by atoms with Crippen LogP contribution in [0.5, 0.6) is 0 Å². The maximum absolute atomic E-state index is 12.5. The van der Waals surface area contributed by atoms with Gasteiger partial charge >= 0.3 is 0 Å². The summed E-state index contributed by atoms with van der Waals surface area (Å²) in [7, 11) is 0. The molecular formula is C22H20Cl2N4O2. The summed E-state index contributed by atoms with van der Waals surface area (Å²) in [6.45, 7) is 0.403. The number of aromatic nitrogens is 2. The van der Waals surface area contributed by atoms with Crippen LogP contribution in [0.15, 0.2) is 54.7 Å². The van der Waals surface area contributed by atoms with E-state index in [0.29, 0.717) is 35.2 Å². The molecule has 2 aromatic carbocycles. The van der Waals surface area contributed by atoms with Gasteiger partial charge in [0.05, 0.1) is 12.7 Å². The summed E-state index contributed by atoms with van der Waals surface area (Å²) in [4.78, 5) is 24.8. The van der Waals surface area contributed by atoms with Crippen molar-refractivity contribution in [3.05, 3.63) is 75.9 Å². The number of amides is 2. The van der Waals surface area contributed by atoms with Gasteiger partial charge in [-0.25, -0.2) is 4.68 Å². The maximum atomic E-state index is 12.5. The molecule has 0 spiro atoms. The number of fused-ring (bicyclic) bond motifs is 1. The summed E-state index contributed by atoms with van der Waals surface area (Å²) in [6.07, 6.45) is 2.98. The third kappa shape index (κ3) is 4.66. The van der Waals surface area contributed by atoms with Crippen LogP contribution in [0.2, 0.25) is 10.0 Å². The van der Waals surface area contributed by atoms with E-state index >= 15 is 0 Å². The summed E-state index contributed by atoms with van der Waals surface area (Å²) >= 11 is 12.2. The number of hydrogen-bond donors (Lipinski definition) is 2. The fourth-order valence-corrected chi connectivity index (χ4v) is 4.00. The topological polar surface area (TPSA) is 76.0 Å². The fraction of sp³-hybridized carbons (Fsp3) is 0.227. The van der Waals surface area contributed by atoms with Crippen molar-refractivity contribution >= 4 is 46.5 Å². The lowest BCUT2D eigenvalue weighted by molar-refractivity contribution is -0.121. The zero-order chi connectivity index (χ0) is 21.1. The van der Waals surface area contributed by atoms with Crippen LogP contribution in [0.3, 0.4) is 0 Å². The molecule has 2 amide bonds. The Bertz CT molecular complexity index is 1100. The molecule has 1 aliphatic rings. The SMILES string of the molecule is O=C(CC[C@H]1Cc2ccccc2NC1=O)Nc1ccnn1Cc1ccc(Cl)cc1Cl. The lowest BCUT2D eigenvalue weighted by atomic mass is 9.89. The van der Waals surface area contributed by atoms with E-state index in [1.165, 1.54) is 0 Å². The van der Waals surface area contributed by atoms with Crippen LogP contribution in [0.1, 0.15) is 24.0 Å². The Morgan fingerprint density at radius 2 is 2.03 bits per heavy atom. The van der Waals surface area contributed by atoms with Gasteiger partial charge in [0.1, 0.15) is 5.82 Å². The van der Waals surface area contributed by atoms with Crippen molar-refractivity contribution in [1.82, 2.24) is 9.78 Å². The predicted molar refractivity (Wildman–Crippen MR) is 118 cm³/mol. The Morgan fingerprint density at radius 1 is 1.20 bits per heavy atom. The van der Waals surface area contributed by atoms with Crippen LogP contribution in [-0.4, -0.2) is 21.6 Å². The van der Waals surface area contributed by atoms with Gasteiger partial charge < -0.3 is 10.6 Å². The number of nitrogens with zero attached hydrogens (tertiary/aromatic N) is 2. The Kier molecular flexibility index (Phi) is 6.06. The first kappa shape index (κ1) is 20.4. The molecular weight excluding hydrogens is 423 g/mol. The van der Waals surface area contributed by atoms with Crippen LogP contribution >= 0.6 is 23.2 Å². The highest BCUT2D eigenvalue weighted by atomic mass is 35.5. The Labute approximate surface area is 184 Å². The second-order valence-electron chi connectivity index (χ2n) is 7.24. The predicted octanol–water partition coefficient (Wildman–Crippen LogP) is 4.77. The molecule has 0 bridgehead atoms. The van der Waals surface area contributed by atoms with E-state index < -0.39 is 0 Å². The molecule has 4 rings (SSSR count). The summed E-state index contributed by atoms with van der Waals surface area (Å²) in [5.74, 6) is 0.155. The maximum Gasteiger partial charge on any atom is 0.227 e. The Balaban J connectivity index is 1.35. The molecule has 0 aliphatic carbocycles. The van der Waals surface area contributed by atoms with Gasteiger partial charge in [0.15, 0.2) is 0 Å². The number of nitrogens with one attached hydrogen (secondary N) is 2. The van der Waals surface area contributed by atoms with Crippen molar-refractivity contribution in [2.45, 2.75) is 25.8 Å². The average Bonchev–Trinajstić information content (AvgIpc) is 3.15. The Hall–Kier alpha value is -2.83. The van der Waals surface area contributed by atoms with E-state index in [1.54, 1.807) is 29.1 Å². The molecule has 1 aliphatic heterocycles. The minimum atomic E-state index is -0.219. The van der Waals surface area contributed by atoms with Gasteiger partial charge in [-0.05, 0) is 42.2 Å². The number of benzene rings is 2. The minimum Gasteiger partial charge on any atom is -0.326 e. The van der Waals surface area contributed by atoms with Crippen molar-refractivity contribution in [1.29, 1.82) is 0 Å². The second kappa shape index (κ2) is 8.90. The molecule has 154 valence electrons. The van der Waals surface area contributed by atoms with Gasteiger partial charge in [-0.15, -0.1) is 0 Å². The highest BCUT2D eigenvalue weighted by Gasteiger charge is 2.26. The van der Waals surface area contributed by atoms with Crippen LogP contribution in [-0.2, 0) is 22.6 Å². The molecule has 2 N–H and O–H groups in total. The standard InChI is InChI=1S/C22H20Cl2N4O2/c23-17-7-5-16(18(24)12-17)13-28-20(9-10-25-28)27-21(29)8-6-15-11-14-3-1-2-4-19(14)26-22(15)30/h1-5,7,9-10,12,15H,6,8,11,13H2,(H,26,30)(H,27,29)/t15-/m0/s1. The number of rotatable bonds is 6. The minimum absolute atomic E-state index is 0.0380. The van der Waals surface area contributed by atoms with E-state index in [2.05, 4.69) is 15.7 Å². The van der Waals surface area contributed by atoms with Crippen LogP contribution < -0.4 is 10.6 Å². The van der Waals surface area contributed by atoms with Crippen molar-refractivity contribution < 1.29 is 9.59 Å². The molecule has 1 atom stereocenters. The monoisotopic (exact) mass is 442 g/mol. The van der Waals surface area contributed by atoms with Crippen LogP contribution in [0.4, 0.5) is 11.5 Å². The number of anilines is 2. The summed E-state index contributed by atoms with van der Waals surface area (Å²) in [5.41, 5.74) is 2.80. The first-order valence-electron chi connectivity index (χ1n) is 9.64. The van der Waals surface area contributed by atoms with E-state index in [-0.39, 0.29) is 24.2 Å². The molecule has 6 nitrogen and oxygen atoms in total. The van der Waals surface area contributed by atoms with Gasteiger partial charge in [-0.2, -0.15) is 5.10 Å². The van der Waals surface area contributed by atoms with Gasteiger partial charge in [0, 0.05) is 34.1 Å². The Morgan fingerprint density at radius 3 is 2.87 bits per heavy atom. The highest BCUT2D eigenvalue weighted by Crippen LogP contribution is 2.28. The third-order valence-corrected chi connectivity index (χ3v) is 5.74. The molecule has 1 aromatic heterocycles. The quantitative estimate of drug-likeness (QED) is 0.577. The van der Waals surface area contributed by atoms with Crippen LogP contribution in [0, 0.1) is 5.92 Å². The largest absolute Gasteiger partial charge is 0.326 e. The number of carbonyl (C=O) groups is 2. The first-order chi connectivity index (χ1) is 14.5. The molecule has 0 saturated carbocycles. The van der Waals surface area contributed by atoms with Gasteiger partial charge in [-0.3, -0.25) is 9.59 Å². The third-order valence-electron chi connectivity index (χ3n) is 5.15.